The maximum absolute atomic E-state index is 5.70. The molecule has 1 aromatic carbocycles. The van der Waals surface area contributed by atoms with E-state index in [-0.39, 0.29) is 0 Å². The van der Waals surface area contributed by atoms with E-state index in [1.54, 1.807) is 7.11 Å². The van der Waals surface area contributed by atoms with Gasteiger partial charge in [-0.05, 0) is 50.4 Å². The van der Waals surface area contributed by atoms with Gasteiger partial charge < -0.3 is 14.8 Å². The first-order valence-corrected chi connectivity index (χ1v) is 6.73. The van der Waals surface area contributed by atoms with Crippen LogP contribution in [0, 0.1) is 0 Å². The van der Waals surface area contributed by atoms with Crippen molar-refractivity contribution in [3.8, 4) is 5.75 Å². The average Bonchev–Trinajstić information content (AvgIpc) is 2.91. The second kappa shape index (κ2) is 6.76. The van der Waals surface area contributed by atoms with Crippen LogP contribution in [0.4, 0.5) is 0 Å². The fourth-order valence-electron chi connectivity index (χ4n) is 2.50. The first kappa shape index (κ1) is 13.4. The summed E-state index contributed by atoms with van der Waals surface area (Å²) in [5.74, 6) is 0.916. The van der Waals surface area contributed by atoms with Crippen molar-refractivity contribution in [2.75, 3.05) is 20.8 Å². The Balaban J connectivity index is 1.87. The third-order valence-corrected chi connectivity index (χ3v) is 3.62. The molecule has 18 heavy (non-hydrogen) atoms. The molecule has 1 aliphatic heterocycles. The van der Waals surface area contributed by atoms with Crippen LogP contribution in [0.2, 0.25) is 0 Å². The minimum atomic E-state index is 0.445. The third-order valence-electron chi connectivity index (χ3n) is 3.62. The number of hydrogen-bond donors (Lipinski definition) is 1. The van der Waals surface area contributed by atoms with Crippen molar-refractivity contribution >= 4 is 0 Å². The Morgan fingerprint density at radius 2 is 2.17 bits per heavy atom. The van der Waals surface area contributed by atoms with Crippen molar-refractivity contribution in [2.45, 2.75) is 37.8 Å². The highest BCUT2D eigenvalue weighted by atomic mass is 16.5. The summed E-state index contributed by atoms with van der Waals surface area (Å²) in [5, 5.41) is 3.39. The van der Waals surface area contributed by atoms with Gasteiger partial charge in [0.05, 0.1) is 13.2 Å². The van der Waals surface area contributed by atoms with Crippen LogP contribution in [-0.4, -0.2) is 32.9 Å². The lowest BCUT2D eigenvalue weighted by Crippen LogP contribution is -2.31. The molecule has 1 N–H and O–H groups in total. The Bertz CT molecular complexity index is 344. The first-order chi connectivity index (χ1) is 8.81. The van der Waals surface area contributed by atoms with Crippen molar-refractivity contribution in [3.63, 3.8) is 0 Å². The fraction of sp³-hybridized carbons (Fsp3) is 0.600. The Morgan fingerprint density at radius 3 is 2.72 bits per heavy atom. The number of rotatable bonds is 6. The summed E-state index contributed by atoms with van der Waals surface area (Å²) in [6.07, 6.45) is 5.01. The molecule has 1 heterocycles. The number of hydrogen-bond acceptors (Lipinski definition) is 3. The maximum atomic E-state index is 5.70. The number of methoxy groups -OCH3 is 1. The maximum Gasteiger partial charge on any atom is 0.118 e. The van der Waals surface area contributed by atoms with Crippen molar-refractivity contribution in [2.24, 2.45) is 0 Å². The second-order valence-electron chi connectivity index (χ2n) is 4.91. The molecule has 2 rings (SSSR count). The van der Waals surface area contributed by atoms with Crippen LogP contribution < -0.4 is 10.1 Å². The van der Waals surface area contributed by atoms with Gasteiger partial charge in [0.1, 0.15) is 5.75 Å². The minimum absolute atomic E-state index is 0.445. The standard InChI is InChI=1S/C15H23NO2/c1-16-13(11-15-4-3-9-18-15)10-12-5-7-14(17-2)8-6-12/h5-8,13,15-16H,3-4,9-11H2,1-2H3. The van der Waals surface area contributed by atoms with Crippen molar-refractivity contribution in [3.05, 3.63) is 29.8 Å². The van der Waals surface area contributed by atoms with Crippen molar-refractivity contribution in [1.82, 2.24) is 5.32 Å². The van der Waals surface area contributed by atoms with E-state index >= 15 is 0 Å². The van der Waals surface area contributed by atoms with E-state index in [1.807, 2.05) is 19.2 Å². The Morgan fingerprint density at radius 1 is 1.39 bits per heavy atom. The van der Waals surface area contributed by atoms with Gasteiger partial charge in [-0.2, -0.15) is 0 Å². The van der Waals surface area contributed by atoms with Gasteiger partial charge in [-0.25, -0.2) is 0 Å². The number of likely N-dealkylation sites (N-methyl/N-ethyl adjacent to an activating group) is 1. The quantitative estimate of drug-likeness (QED) is 0.839. The predicted octanol–water partition coefficient (Wildman–Crippen LogP) is 2.39. The summed E-state index contributed by atoms with van der Waals surface area (Å²) in [7, 11) is 3.73. The van der Waals surface area contributed by atoms with E-state index in [1.165, 1.54) is 18.4 Å². The Hall–Kier alpha value is -1.06. The largest absolute Gasteiger partial charge is 0.497 e. The van der Waals surface area contributed by atoms with E-state index < -0.39 is 0 Å². The van der Waals surface area contributed by atoms with E-state index in [4.69, 9.17) is 9.47 Å². The minimum Gasteiger partial charge on any atom is -0.497 e. The molecule has 0 bridgehead atoms. The van der Waals surface area contributed by atoms with Crippen LogP contribution in [0.5, 0.6) is 5.75 Å². The molecule has 2 atom stereocenters. The SMILES string of the molecule is CNC(Cc1ccc(OC)cc1)CC1CCCO1. The van der Waals surface area contributed by atoms with Gasteiger partial charge in [0.2, 0.25) is 0 Å². The Labute approximate surface area is 109 Å². The van der Waals surface area contributed by atoms with Gasteiger partial charge in [0.15, 0.2) is 0 Å². The van der Waals surface area contributed by atoms with E-state index in [2.05, 4.69) is 17.4 Å². The van der Waals surface area contributed by atoms with Crippen LogP contribution in [-0.2, 0) is 11.2 Å². The first-order valence-electron chi connectivity index (χ1n) is 6.73. The van der Waals surface area contributed by atoms with Crippen LogP contribution in [0.3, 0.4) is 0 Å². The molecule has 100 valence electrons. The molecule has 0 amide bonds. The van der Waals surface area contributed by atoms with Gasteiger partial charge >= 0.3 is 0 Å². The highest BCUT2D eigenvalue weighted by Crippen LogP contribution is 2.19. The fourth-order valence-corrected chi connectivity index (χ4v) is 2.50. The highest BCUT2D eigenvalue weighted by Gasteiger charge is 2.20. The molecule has 3 nitrogen and oxygen atoms in total. The molecule has 0 spiro atoms. The molecule has 0 saturated carbocycles. The lowest BCUT2D eigenvalue weighted by molar-refractivity contribution is 0.0954. The molecule has 0 radical (unpaired) electrons. The van der Waals surface area contributed by atoms with E-state index in [0.29, 0.717) is 12.1 Å². The number of benzene rings is 1. The summed E-state index contributed by atoms with van der Waals surface area (Å²) in [5.41, 5.74) is 1.34. The average molecular weight is 249 g/mol. The summed E-state index contributed by atoms with van der Waals surface area (Å²) < 4.78 is 10.9. The molecular formula is C15H23NO2. The summed E-state index contributed by atoms with van der Waals surface area (Å²) >= 11 is 0. The van der Waals surface area contributed by atoms with Gasteiger partial charge in [0.25, 0.3) is 0 Å². The summed E-state index contributed by atoms with van der Waals surface area (Å²) in [6.45, 7) is 0.934. The van der Waals surface area contributed by atoms with Crippen molar-refractivity contribution in [1.29, 1.82) is 0 Å². The third kappa shape index (κ3) is 3.72. The van der Waals surface area contributed by atoms with Gasteiger partial charge in [-0.15, -0.1) is 0 Å². The molecule has 2 unspecified atom stereocenters. The molecule has 3 heteroatoms. The van der Waals surface area contributed by atoms with Gasteiger partial charge in [-0.3, -0.25) is 0 Å². The number of ether oxygens (including phenoxy) is 2. The summed E-state index contributed by atoms with van der Waals surface area (Å²) in [6, 6.07) is 8.81. The lowest BCUT2D eigenvalue weighted by atomic mass is 9.99. The van der Waals surface area contributed by atoms with Crippen LogP contribution in [0.1, 0.15) is 24.8 Å². The van der Waals surface area contributed by atoms with Gasteiger partial charge in [0, 0.05) is 12.6 Å². The molecule has 0 aliphatic carbocycles. The number of nitrogens with one attached hydrogen (secondary N) is 1. The normalized spacial score (nSPS) is 20.9. The van der Waals surface area contributed by atoms with E-state index in [0.717, 1.165) is 25.2 Å². The van der Waals surface area contributed by atoms with Crippen LogP contribution in [0.15, 0.2) is 24.3 Å². The molecule has 1 fully saturated rings. The van der Waals surface area contributed by atoms with Crippen LogP contribution >= 0.6 is 0 Å². The molecule has 1 aliphatic rings. The lowest BCUT2D eigenvalue weighted by Gasteiger charge is -2.20. The highest BCUT2D eigenvalue weighted by molar-refractivity contribution is 5.27. The Kier molecular flexibility index (Phi) is 5.02. The van der Waals surface area contributed by atoms with Crippen LogP contribution in [0.25, 0.3) is 0 Å². The molecule has 1 saturated heterocycles. The molecule has 0 aromatic heterocycles. The second-order valence-corrected chi connectivity index (χ2v) is 4.91. The van der Waals surface area contributed by atoms with E-state index in [9.17, 15) is 0 Å². The molecular weight excluding hydrogens is 226 g/mol. The zero-order valence-corrected chi connectivity index (χ0v) is 11.3. The molecule has 1 aromatic rings. The van der Waals surface area contributed by atoms with Gasteiger partial charge in [-0.1, -0.05) is 12.1 Å². The topological polar surface area (TPSA) is 30.5 Å². The zero-order valence-electron chi connectivity index (χ0n) is 11.3. The summed E-state index contributed by atoms with van der Waals surface area (Å²) in [4.78, 5) is 0. The van der Waals surface area contributed by atoms with Crippen molar-refractivity contribution < 1.29 is 9.47 Å². The predicted molar refractivity (Wildman–Crippen MR) is 73.1 cm³/mol. The monoisotopic (exact) mass is 249 g/mol. The zero-order chi connectivity index (χ0) is 12.8. The smallest absolute Gasteiger partial charge is 0.118 e.